The van der Waals surface area contributed by atoms with Gasteiger partial charge in [-0.3, -0.25) is 4.79 Å². The van der Waals surface area contributed by atoms with Crippen molar-refractivity contribution in [2.75, 3.05) is 18.4 Å². The van der Waals surface area contributed by atoms with E-state index >= 15 is 0 Å². The number of carbonyl (C=O) groups is 2. The lowest BCUT2D eigenvalue weighted by Gasteiger charge is -2.33. The highest BCUT2D eigenvalue weighted by Crippen LogP contribution is 2.30. The first-order valence-corrected chi connectivity index (χ1v) is 8.66. The first-order chi connectivity index (χ1) is 11.3. The fraction of sp³-hybridized carbons (Fsp3) is 0.579. The number of hydrogen-bond acceptors (Lipinski definition) is 3. The summed E-state index contributed by atoms with van der Waals surface area (Å²) in [7, 11) is 0. The van der Waals surface area contributed by atoms with E-state index in [1.807, 2.05) is 45.9 Å². The minimum atomic E-state index is -0.459. The predicted octanol–water partition coefficient (Wildman–Crippen LogP) is 4.15. The molecule has 1 aliphatic heterocycles. The highest BCUT2D eigenvalue weighted by molar-refractivity contribution is 5.90. The molecule has 0 saturated carbocycles. The number of hydrogen-bond donors (Lipinski definition) is 1. The van der Waals surface area contributed by atoms with Crippen LogP contribution in [0.4, 0.5) is 10.5 Å². The number of amides is 2. The number of nitrogens with zero attached hydrogens (tertiary/aromatic N) is 1. The van der Waals surface area contributed by atoms with Crippen LogP contribution in [0.25, 0.3) is 0 Å². The largest absolute Gasteiger partial charge is 0.444 e. The summed E-state index contributed by atoms with van der Waals surface area (Å²) in [5, 5.41) is 2.90. The summed E-state index contributed by atoms with van der Waals surface area (Å²) in [6.45, 7) is 8.89. The maximum Gasteiger partial charge on any atom is 0.410 e. The van der Waals surface area contributed by atoms with E-state index in [9.17, 15) is 9.59 Å². The molecule has 0 atom stereocenters. The Balaban J connectivity index is 1.93. The summed E-state index contributed by atoms with van der Waals surface area (Å²) < 4.78 is 5.43. The standard InChI is InChI=1S/C19H28N2O3/c1-5-17(22)20-16-8-6-7-15(13-16)14-9-11-21(12-10-14)18(23)24-19(2,3)4/h6-8,13-14H,5,9-12H2,1-4H3,(H,20,22). The van der Waals surface area contributed by atoms with E-state index < -0.39 is 5.60 Å². The highest BCUT2D eigenvalue weighted by atomic mass is 16.6. The lowest BCUT2D eigenvalue weighted by atomic mass is 9.89. The molecule has 0 aliphatic carbocycles. The molecule has 132 valence electrons. The maximum atomic E-state index is 12.1. The molecule has 0 radical (unpaired) electrons. The lowest BCUT2D eigenvalue weighted by Crippen LogP contribution is -2.41. The van der Waals surface area contributed by atoms with E-state index in [0.717, 1.165) is 18.5 Å². The average Bonchev–Trinajstić information content (AvgIpc) is 2.53. The third-order valence-corrected chi connectivity index (χ3v) is 4.11. The van der Waals surface area contributed by atoms with E-state index in [4.69, 9.17) is 4.74 Å². The Morgan fingerprint density at radius 3 is 2.50 bits per heavy atom. The Bertz CT molecular complexity index is 585. The highest BCUT2D eigenvalue weighted by Gasteiger charge is 2.27. The molecular formula is C19H28N2O3. The van der Waals surface area contributed by atoms with Crippen LogP contribution in [-0.4, -0.2) is 35.6 Å². The molecule has 2 rings (SSSR count). The van der Waals surface area contributed by atoms with Gasteiger partial charge in [-0.2, -0.15) is 0 Å². The SMILES string of the molecule is CCC(=O)Nc1cccc(C2CCN(C(=O)OC(C)(C)C)CC2)c1. The normalized spacial score (nSPS) is 15.9. The second kappa shape index (κ2) is 7.69. The zero-order chi connectivity index (χ0) is 17.7. The molecule has 1 saturated heterocycles. The van der Waals surface area contributed by atoms with Gasteiger partial charge in [0.2, 0.25) is 5.91 Å². The monoisotopic (exact) mass is 332 g/mol. The maximum absolute atomic E-state index is 12.1. The number of anilines is 1. The van der Waals surface area contributed by atoms with Crippen molar-refractivity contribution in [2.24, 2.45) is 0 Å². The molecule has 5 heteroatoms. The van der Waals surface area contributed by atoms with Crippen LogP contribution in [0.3, 0.4) is 0 Å². The number of carbonyl (C=O) groups excluding carboxylic acids is 2. The Kier molecular flexibility index (Phi) is 5.86. The van der Waals surface area contributed by atoms with Crippen molar-refractivity contribution >= 4 is 17.7 Å². The van der Waals surface area contributed by atoms with Crippen molar-refractivity contribution < 1.29 is 14.3 Å². The van der Waals surface area contributed by atoms with Crippen molar-refractivity contribution in [3.63, 3.8) is 0 Å². The number of rotatable bonds is 3. The molecule has 2 amide bonds. The van der Waals surface area contributed by atoms with Crippen molar-refractivity contribution in [2.45, 2.75) is 58.5 Å². The van der Waals surface area contributed by atoms with Gasteiger partial charge in [0, 0.05) is 25.2 Å². The number of piperidine rings is 1. The van der Waals surface area contributed by atoms with Crippen LogP contribution in [-0.2, 0) is 9.53 Å². The molecule has 1 aliphatic rings. The average molecular weight is 332 g/mol. The van der Waals surface area contributed by atoms with Crippen molar-refractivity contribution in [1.82, 2.24) is 4.90 Å². The van der Waals surface area contributed by atoms with Gasteiger partial charge < -0.3 is 15.0 Å². The van der Waals surface area contributed by atoms with Gasteiger partial charge in [-0.1, -0.05) is 19.1 Å². The Morgan fingerprint density at radius 2 is 1.92 bits per heavy atom. The minimum Gasteiger partial charge on any atom is -0.444 e. The molecule has 1 heterocycles. The minimum absolute atomic E-state index is 0.0203. The van der Waals surface area contributed by atoms with Gasteiger partial charge in [0.05, 0.1) is 0 Å². The predicted molar refractivity (Wildman–Crippen MR) is 95.1 cm³/mol. The van der Waals surface area contributed by atoms with E-state index in [-0.39, 0.29) is 12.0 Å². The van der Waals surface area contributed by atoms with Crippen LogP contribution >= 0.6 is 0 Å². The summed E-state index contributed by atoms with van der Waals surface area (Å²) in [5.41, 5.74) is 1.60. The molecule has 0 aromatic heterocycles. The lowest BCUT2D eigenvalue weighted by molar-refractivity contribution is -0.115. The number of benzene rings is 1. The molecule has 1 N–H and O–H groups in total. The molecule has 0 spiro atoms. The smallest absolute Gasteiger partial charge is 0.410 e. The summed E-state index contributed by atoms with van der Waals surface area (Å²) in [4.78, 5) is 25.4. The molecule has 1 aromatic carbocycles. The first-order valence-electron chi connectivity index (χ1n) is 8.66. The van der Waals surface area contributed by atoms with Gasteiger partial charge in [-0.05, 0) is 57.2 Å². The van der Waals surface area contributed by atoms with Gasteiger partial charge in [0.25, 0.3) is 0 Å². The molecule has 5 nitrogen and oxygen atoms in total. The number of likely N-dealkylation sites (tertiary alicyclic amines) is 1. The van der Waals surface area contributed by atoms with Gasteiger partial charge in [-0.15, -0.1) is 0 Å². The molecule has 24 heavy (non-hydrogen) atoms. The zero-order valence-corrected chi connectivity index (χ0v) is 15.1. The van der Waals surface area contributed by atoms with Gasteiger partial charge >= 0.3 is 6.09 Å². The molecule has 1 fully saturated rings. The van der Waals surface area contributed by atoms with Crippen LogP contribution in [0, 0.1) is 0 Å². The first kappa shape index (κ1) is 18.3. The van der Waals surface area contributed by atoms with Crippen LogP contribution in [0.2, 0.25) is 0 Å². The quantitative estimate of drug-likeness (QED) is 0.904. The van der Waals surface area contributed by atoms with Gasteiger partial charge in [-0.25, -0.2) is 4.79 Å². The van der Waals surface area contributed by atoms with E-state index in [1.165, 1.54) is 5.56 Å². The van der Waals surface area contributed by atoms with Gasteiger partial charge in [0.1, 0.15) is 5.60 Å². The summed E-state index contributed by atoms with van der Waals surface area (Å²) >= 11 is 0. The number of ether oxygens (including phenoxy) is 1. The van der Waals surface area contributed by atoms with Crippen LogP contribution in [0.5, 0.6) is 0 Å². The second-order valence-corrected chi connectivity index (χ2v) is 7.27. The van der Waals surface area contributed by atoms with E-state index in [0.29, 0.717) is 25.4 Å². The fourth-order valence-corrected chi connectivity index (χ4v) is 2.84. The van der Waals surface area contributed by atoms with Crippen LogP contribution in [0.15, 0.2) is 24.3 Å². The van der Waals surface area contributed by atoms with E-state index in [2.05, 4.69) is 11.4 Å². The van der Waals surface area contributed by atoms with Crippen LogP contribution in [0.1, 0.15) is 58.4 Å². The van der Waals surface area contributed by atoms with E-state index in [1.54, 1.807) is 4.90 Å². The Labute approximate surface area is 144 Å². The topological polar surface area (TPSA) is 58.6 Å². The Hall–Kier alpha value is -2.04. The van der Waals surface area contributed by atoms with Gasteiger partial charge in [0.15, 0.2) is 0 Å². The zero-order valence-electron chi connectivity index (χ0n) is 15.1. The number of nitrogens with one attached hydrogen (secondary N) is 1. The third-order valence-electron chi connectivity index (χ3n) is 4.11. The molecule has 0 unspecified atom stereocenters. The molecular weight excluding hydrogens is 304 g/mol. The van der Waals surface area contributed by atoms with Crippen LogP contribution < -0.4 is 5.32 Å². The summed E-state index contributed by atoms with van der Waals surface area (Å²) in [6.07, 6.45) is 2.05. The molecule has 0 bridgehead atoms. The summed E-state index contributed by atoms with van der Waals surface area (Å²) in [6, 6.07) is 8.02. The third kappa shape index (κ3) is 5.25. The fourth-order valence-electron chi connectivity index (χ4n) is 2.84. The van der Waals surface area contributed by atoms with Crippen molar-refractivity contribution in [3.05, 3.63) is 29.8 Å². The second-order valence-electron chi connectivity index (χ2n) is 7.27. The Morgan fingerprint density at radius 1 is 1.25 bits per heavy atom. The molecule has 1 aromatic rings. The van der Waals surface area contributed by atoms with Crippen molar-refractivity contribution in [3.8, 4) is 0 Å². The summed E-state index contributed by atoms with van der Waals surface area (Å²) in [5.74, 6) is 0.425. The van der Waals surface area contributed by atoms with Crippen molar-refractivity contribution in [1.29, 1.82) is 0 Å².